The van der Waals surface area contributed by atoms with Crippen LogP contribution in [0.3, 0.4) is 0 Å². The van der Waals surface area contributed by atoms with Gasteiger partial charge in [0.2, 0.25) is 0 Å². The molecule has 1 rings (SSSR count). The number of hydrogen-bond acceptors (Lipinski definition) is 3. The molecule has 1 aromatic rings. The molecule has 2 N–H and O–H groups in total. The summed E-state index contributed by atoms with van der Waals surface area (Å²) in [5, 5.41) is 11.8. The first kappa shape index (κ1) is 13.4. The number of carbonyl (C=O) groups is 2. The van der Waals surface area contributed by atoms with Gasteiger partial charge < -0.3 is 10.4 Å². The molecule has 0 fully saturated rings. The molecule has 0 saturated carbocycles. The molecule has 5 nitrogen and oxygen atoms in total. The van der Waals surface area contributed by atoms with E-state index in [0.717, 1.165) is 0 Å². The van der Waals surface area contributed by atoms with E-state index >= 15 is 0 Å². The van der Waals surface area contributed by atoms with Crippen LogP contribution in [0.15, 0.2) is 18.3 Å². The molecule has 0 saturated heterocycles. The van der Waals surface area contributed by atoms with Crippen LogP contribution in [0.4, 0.5) is 0 Å². The molecule has 0 aliphatic carbocycles. The summed E-state index contributed by atoms with van der Waals surface area (Å²) in [6.07, 6.45) is 1.83. The van der Waals surface area contributed by atoms with Gasteiger partial charge in [0, 0.05) is 12.7 Å². The average molecular weight is 257 g/mol. The van der Waals surface area contributed by atoms with Crippen molar-refractivity contribution in [2.24, 2.45) is 5.92 Å². The van der Waals surface area contributed by atoms with Crippen molar-refractivity contribution in [3.63, 3.8) is 0 Å². The van der Waals surface area contributed by atoms with Gasteiger partial charge in [-0.25, -0.2) is 4.98 Å². The quantitative estimate of drug-likeness (QED) is 0.838. The number of aromatic nitrogens is 1. The average Bonchev–Trinajstić information content (AvgIpc) is 2.30. The number of carboxylic acids is 1. The Morgan fingerprint density at radius 2 is 2.24 bits per heavy atom. The number of nitrogens with zero attached hydrogens (tertiary/aromatic N) is 1. The molecule has 0 spiro atoms. The van der Waals surface area contributed by atoms with Crippen molar-refractivity contribution >= 4 is 23.5 Å². The van der Waals surface area contributed by atoms with Gasteiger partial charge in [-0.05, 0) is 18.6 Å². The SMILES string of the molecule is CCC(CNC(=O)c1ccc(Cl)cn1)C(=O)O. The van der Waals surface area contributed by atoms with Crippen LogP contribution in [0.5, 0.6) is 0 Å². The first-order valence-corrected chi connectivity index (χ1v) is 5.55. The van der Waals surface area contributed by atoms with E-state index in [9.17, 15) is 9.59 Å². The molecule has 0 radical (unpaired) electrons. The van der Waals surface area contributed by atoms with E-state index < -0.39 is 17.8 Å². The number of amides is 1. The molecule has 1 atom stereocenters. The fourth-order valence-corrected chi connectivity index (χ4v) is 1.33. The molecular weight excluding hydrogens is 244 g/mol. The van der Waals surface area contributed by atoms with E-state index in [1.807, 2.05) is 0 Å². The molecule has 1 unspecified atom stereocenters. The zero-order chi connectivity index (χ0) is 12.8. The number of pyridine rings is 1. The predicted molar refractivity (Wildman–Crippen MR) is 63.0 cm³/mol. The summed E-state index contributed by atoms with van der Waals surface area (Å²) >= 11 is 5.64. The summed E-state index contributed by atoms with van der Waals surface area (Å²) in [5.41, 5.74) is 0.217. The molecule has 6 heteroatoms. The Morgan fingerprint density at radius 1 is 1.53 bits per heavy atom. The van der Waals surface area contributed by atoms with Gasteiger partial charge in [0.1, 0.15) is 5.69 Å². The normalized spacial score (nSPS) is 11.9. The molecule has 0 aliphatic heterocycles. The van der Waals surface area contributed by atoms with E-state index in [-0.39, 0.29) is 12.2 Å². The summed E-state index contributed by atoms with van der Waals surface area (Å²) in [6, 6.07) is 3.04. The summed E-state index contributed by atoms with van der Waals surface area (Å²) in [6.45, 7) is 1.85. The third-order valence-corrected chi connectivity index (χ3v) is 2.53. The highest BCUT2D eigenvalue weighted by Crippen LogP contribution is 2.06. The molecule has 0 bridgehead atoms. The van der Waals surface area contributed by atoms with Gasteiger partial charge in [-0.2, -0.15) is 0 Å². The van der Waals surface area contributed by atoms with Crippen LogP contribution in [0.25, 0.3) is 0 Å². The second kappa shape index (κ2) is 6.20. The van der Waals surface area contributed by atoms with Crippen molar-refractivity contribution in [3.05, 3.63) is 29.0 Å². The number of aliphatic carboxylic acids is 1. The first-order chi connectivity index (χ1) is 8.04. The van der Waals surface area contributed by atoms with Gasteiger partial charge in [0.25, 0.3) is 5.91 Å². The zero-order valence-electron chi connectivity index (χ0n) is 9.31. The van der Waals surface area contributed by atoms with Gasteiger partial charge >= 0.3 is 5.97 Å². The number of carbonyl (C=O) groups excluding carboxylic acids is 1. The van der Waals surface area contributed by atoms with Crippen molar-refractivity contribution in [3.8, 4) is 0 Å². The molecule has 0 aliphatic rings. The van der Waals surface area contributed by atoms with Crippen LogP contribution in [0.1, 0.15) is 23.8 Å². The van der Waals surface area contributed by atoms with Crippen molar-refractivity contribution in [2.75, 3.05) is 6.54 Å². The Labute approximate surface area is 104 Å². The second-order valence-corrected chi connectivity index (χ2v) is 3.95. The highest BCUT2D eigenvalue weighted by Gasteiger charge is 2.16. The minimum absolute atomic E-state index is 0.0922. The van der Waals surface area contributed by atoms with Gasteiger partial charge in [-0.15, -0.1) is 0 Å². The maximum absolute atomic E-state index is 11.6. The summed E-state index contributed by atoms with van der Waals surface area (Å²) < 4.78 is 0. The standard InChI is InChI=1S/C11H13ClN2O3/c1-2-7(11(16)17)5-14-10(15)9-4-3-8(12)6-13-9/h3-4,6-7H,2,5H2,1H3,(H,14,15)(H,16,17). The topological polar surface area (TPSA) is 79.3 Å². The second-order valence-electron chi connectivity index (χ2n) is 3.52. The Bertz CT molecular complexity index is 406. The summed E-state index contributed by atoms with van der Waals surface area (Å²) in [4.78, 5) is 26.2. The van der Waals surface area contributed by atoms with Gasteiger partial charge in [-0.3, -0.25) is 9.59 Å². The molecule has 0 aromatic carbocycles. The van der Waals surface area contributed by atoms with Crippen molar-refractivity contribution in [1.29, 1.82) is 0 Å². The number of nitrogens with one attached hydrogen (secondary N) is 1. The minimum atomic E-state index is -0.920. The maximum atomic E-state index is 11.6. The van der Waals surface area contributed by atoms with Crippen LogP contribution >= 0.6 is 11.6 Å². The highest BCUT2D eigenvalue weighted by molar-refractivity contribution is 6.30. The Hall–Kier alpha value is -1.62. The van der Waals surface area contributed by atoms with Crippen molar-refractivity contribution < 1.29 is 14.7 Å². The van der Waals surface area contributed by atoms with Gasteiger partial charge in [-0.1, -0.05) is 18.5 Å². The maximum Gasteiger partial charge on any atom is 0.308 e. The van der Waals surface area contributed by atoms with Gasteiger partial charge in [0.15, 0.2) is 0 Å². The lowest BCUT2D eigenvalue weighted by Gasteiger charge is -2.10. The lowest BCUT2D eigenvalue weighted by atomic mass is 10.1. The summed E-state index contributed by atoms with van der Waals surface area (Å²) in [7, 11) is 0. The number of halogens is 1. The van der Waals surface area contributed by atoms with Crippen molar-refractivity contribution in [2.45, 2.75) is 13.3 Å². The lowest BCUT2D eigenvalue weighted by molar-refractivity contribution is -0.141. The van der Waals surface area contributed by atoms with Crippen LogP contribution in [-0.2, 0) is 4.79 Å². The van der Waals surface area contributed by atoms with E-state index in [0.29, 0.717) is 11.4 Å². The Kier molecular flexibility index (Phi) is 4.90. The van der Waals surface area contributed by atoms with Gasteiger partial charge in [0.05, 0.1) is 10.9 Å². The third-order valence-electron chi connectivity index (χ3n) is 2.31. The van der Waals surface area contributed by atoms with Crippen molar-refractivity contribution in [1.82, 2.24) is 10.3 Å². The largest absolute Gasteiger partial charge is 0.481 e. The van der Waals surface area contributed by atoms with Crippen LogP contribution < -0.4 is 5.32 Å². The minimum Gasteiger partial charge on any atom is -0.481 e. The smallest absolute Gasteiger partial charge is 0.308 e. The molecule has 17 heavy (non-hydrogen) atoms. The van der Waals surface area contributed by atoms with E-state index in [2.05, 4.69) is 10.3 Å². The molecule has 1 amide bonds. The van der Waals surface area contributed by atoms with Crippen LogP contribution in [0, 0.1) is 5.92 Å². The summed E-state index contributed by atoms with van der Waals surface area (Å²) in [5.74, 6) is -1.90. The number of carboxylic acid groups (broad SMARTS) is 1. The molecule has 92 valence electrons. The zero-order valence-corrected chi connectivity index (χ0v) is 10.1. The molecule has 1 heterocycles. The Balaban J connectivity index is 2.55. The molecule has 1 aromatic heterocycles. The first-order valence-electron chi connectivity index (χ1n) is 5.17. The third kappa shape index (κ3) is 4.03. The number of hydrogen-bond donors (Lipinski definition) is 2. The fraction of sp³-hybridized carbons (Fsp3) is 0.364. The molecular formula is C11H13ClN2O3. The fourth-order valence-electron chi connectivity index (χ4n) is 1.22. The Morgan fingerprint density at radius 3 is 2.71 bits per heavy atom. The monoisotopic (exact) mass is 256 g/mol. The van der Waals surface area contributed by atoms with E-state index in [4.69, 9.17) is 16.7 Å². The van der Waals surface area contributed by atoms with E-state index in [1.165, 1.54) is 12.3 Å². The van der Waals surface area contributed by atoms with E-state index in [1.54, 1.807) is 13.0 Å². The lowest BCUT2D eigenvalue weighted by Crippen LogP contribution is -2.33. The van der Waals surface area contributed by atoms with Crippen LogP contribution in [-0.4, -0.2) is 28.5 Å². The number of rotatable bonds is 5. The predicted octanol–water partition coefficient (Wildman–Crippen LogP) is 1.58. The van der Waals surface area contributed by atoms with Crippen LogP contribution in [0.2, 0.25) is 5.02 Å². The highest BCUT2D eigenvalue weighted by atomic mass is 35.5.